The van der Waals surface area contributed by atoms with Gasteiger partial charge in [-0.05, 0) is 25.3 Å². The Morgan fingerprint density at radius 3 is 2.86 bits per heavy atom. The zero-order valence-electron chi connectivity index (χ0n) is 11.5. The number of carbonyl (C=O) groups is 2. The first kappa shape index (κ1) is 13.7. The van der Waals surface area contributed by atoms with Gasteiger partial charge >= 0.3 is 5.97 Å². The summed E-state index contributed by atoms with van der Waals surface area (Å²) in [5.74, 6) is -1.33. The molecule has 0 aliphatic heterocycles. The van der Waals surface area contributed by atoms with Crippen molar-refractivity contribution in [3.05, 3.63) is 36.1 Å². The van der Waals surface area contributed by atoms with Gasteiger partial charge in [0.1, 0.15) is 11.8 Å². The van der Waals surface area contributed by atoms with Gasteiger partial charge in [-0.2, -0.15) is 0 Å². The van der Waals surface area contributed by atoms with E-state index in [-0.39, 0.29) is 17.9 Å². The number of carbonyl (C=O) groups excluding carboxylic acids is 1. The third-order valence-electron chi connectivity index (χ3n) is 4.08. The average Bonchev–Trinajstić information content (AvgIpc) is 2.91. The van der Waals surface area contributed by atoms with Crippen LogP contribution in [-0.4, -0.2) is 23.0 Å². The van der Waals surface area contributed by atoms with Gasteiger partial charge in [0, 0.05) is 11.4 Å². The molecule has 5 heteroatoms. The second kappa shape index (κ2) is 5.60. The van der Waals surface area contributed by atoms with Gasteiger partial charge in [-0.25, -0.2) is 0 Å². The molecule has 2 aromatic rings. The van der Waals surface area contributed by atoms with E-state index in [1.807, 2.05) is 24.3 Å². The van der Waals surface area contributed by atoms with Crippen LogP contribution in [-0.2, 0) is 4.79 Å². The molecule has 0 bridgehead atoms. The molecule has 21 heavy (non-hydrogen) atoms. The lowest BCUT2D eigenvalue weighted by Gasteiger charge is -2.27. The molecule has 5 nitrogen and oxygen atoms in total. The van der Waals surface area contributed by atoms with Crippen molar-refractivity contribution in [1.29, 1.82) is 0 Å². The molecule has 0 radical (unpaired) electrons. The van der Waals surface area contributed by atoms with E-state index in [0.29, 0.717) is 24.0 Å². The number of para-hydroxylation sites is 1. The predicted molar refractivity (Wildman–Crippen MR) is 77.1 cm³/mol. The molecule has 0 spiro atoms. The van der Waals surface area contributed by atoms with Crippen LogP contribution in [0.25, 0.3) is 11.0 Å². The summed E-state index contributed by atoms with van der Waals surface area (Å²) in [5, 5.41) is 12.8. The maximum atomic E-state index is 12.3. The molecule has 2 N–H and O–H groups in total. The fraction of sp³-hybridized carbons (Fsp3) is 0.375. The lowest BCUT2D eigenvalue weighted by molar-refractivity contribution is -0.143. The van der Waals surface area contributed by atoms with Crippen LogP contribution >= 0.6 is 0 Å². The minimum absolute atomic E-state index is 0.0824. The van der Waals surface area contributed by atoms with Crippen molar-refractivity contribution in [2.45, 2.75) is 31.7 Å². The Bertz CT molecular complexity index is 676. The zero-order chi connectivity index (χ0) is 14.8. The van der Waals surface area contributed by atoms with Gasteiger partial charge in [0.05, 0.1) is 11.5 Å². The molecule has 1 saturated carbocycles. The number of amides is 1. The molecule has 3 rings (SSSR count). The second-order valence-corrected chi connectivity index (χ2v) is 5.52. The summed E-state index contributed by atoms with van der Waals surface area (Å²) in [6.45, 7) is 0. The minimum atomic E-state index is -0.775. The lowest BCUT2D eigenvalue weighted by Crippen LogP contribution is -2.39. The Morgan fingerprint density at radius 1 is 1.24 bits per heavy atom. The number of carboxylic acid groups (broad SMARTS) is 1. The van der Waals surface area contributed by atoms with Crippen LogP contribution in [0.2, 0.25) is 0 Å². The SMILES string of the molecule is O=C(NC1CCCC(C(=O)O)C1)c1coc2ccccc12. The predicted octanol–water partition coefficient (Wildman–Crippen LogP) is 2.81. The van der Waals surface area contributed by atoms with Crippen molar-refractivity contribution in [3.63, 3.8) is 0 Å². The Balaban J connectivity index is 1.73. The number of furan rings is 1. The maximum absolute atomic E-state index is 12.3. The number of hydrogen-bond acceptors (Lipinski definition) is 3. The van der Waals surface area contributed by atoms with E-state index >= 15 is 0 Å². The number of hydrogen-bond donors (Lipinski definition) is 2. The molecule has 1 fully saturated rings. The molecule has 110 valence electrons. The van der Waals surface area contributed by atoms with Crippen LogP contribution in [0.15, 0.2) is 34.9 Å². The largest absolute Gasteiger partial charge is 0.481 e. The van der Waals surface area contributed by atoms with Gasteiger partial charge < -0.3 is 14.8 Å². The first-order chi connectivity index (χ1) is 10.1. The van der Waals surface area contributed by atoms with E-state index in [1.54, 1.807) is 0 Å². The summed E-state index contributed by atoms with van der Waals surface area (Å²) in [5.41, 5.74) is 1.18. The Hall–Kier alpha value is -2.30. The highest BCUT2D eigenvalue weighted by atomic mass is 16.4. The van der Waals surface area contributed by atoms with E-state index in [9.17, 15) is 9.59 Å². The zero-order valence-corrected chi connectivity index (χ0v) is 11.5. The monoisotopic (exact) mass is 287 g/mol. The van der Waals surface area contributed by atoms with Crippen molar-refractivity contribution in [3.8, 4) is 0 Å². The minimum Gasteiger partial charge on any atom is -0.481 e. The van der Waals surface area contributed by atoms with Crippen molar-refractivity contribution in [2.24, 2.45) is 5.92 Å². The van der Waals surface area contributed by atoms with Gasteiger partial charge in [-0.15, -0.1) is 0 Å². The molecule has 1 aliphatic carbocycles. The fourth-order valence-corrected chi connectivity index (χ4v) is 2.96. The first-order valence-corrected chi connectivity index (χ1v) is 7.15. The summed E-state index contributed by atoms with van der Waals surface area (Å²) < 4.78 is 5.36. The summed E-state index contributed by atoms with van der Waals surface area (Å²) in [7, 11) is 0. The van der Waals surface area contributed by atoms with Crippen LogP contribution in [0.3, 0.4) is 0 Å². The van der Waals surface area contributed by atoms with E-state index in [1.165, 1.54) is 6.26 Å². The summed E-state index contributed by atoms with van der Waals surface area (Å²) in [6.07, 6.45) is 4.30. The van der Waals surface area contributed by atoms with Crippen LogP contribution in [0.5, 0.6) is 0 Å². The van der Waals surface area contributed by atoms with Gasteiger partial charge in [-0.3, -0.25) is 9.59 Å². The maximum Gasteiger partial charge on any atom is 0.306 e. The number of benzene rings is 1. The highest BCUT2D eigenvalue weighted by Gasteiger charge is 2.28. The molecule has 1 heterocycles. The molecule has 2 unspecified atom stereocenters. The summed E-state index contributed by atoms with van der Waals surface area (Å²) in [6, 6.07) is 7.28. The highest BCUT2D eigenvalue weighted by Crippen LogP contribution is 2.26. The van der Waals surface area contributed by atoms with Crippen molar-refractivity contribution in [1.82, 2.24) is 5.32 Å². The molecule has 1 aromatic carbocycles. The number of aliphatic carboxylic acids is 1. The van der Waals surface area contributed by atoms with E-state index < -0.39 is 5.97 Å². The Morgan fingerprint density at radius 2 is 2.05 bits per heavy atom. The second-order valence-electron chi connectivity index (χ2n) is 5.52. The Kier molecular flexibility index (Phi) is 3.64. The normalized spacial score (nSPS) is 22.1. The van der Waals surface area contributed by atoms with Crippen LogP contribution in [0.4, 0.5) is 0 Å². The smallest absolute Gasteiger partial charge is 0.306 e. The molecule has 1 aliphatic rings. The molecule has 0 saturated heterocycles. The van der Waals surface area contributed by atoms with Crippen molar-refractivity contribution < 1.29 is 19.1 Å². The van der Waals surface area contributed by atoms with Gasteiger partial charge in [0.15, 0.2) is 0 Å². The molecule has 2 atom stereocenters. The number of carboxylic acids is 1. The fourth-order valence-electron chi connectivity index (χ4n) is 2.96. The van der Waals surface area contributed by atoms with Gasteiger partial charge in [-0.1, -0.05) is 24.6 Å². The molecular weight excluding hydrogens is 270 g/mol. The standard InChI is InChI=1S/C16H17NO4/c18-15(13-9-21-14-7-2-1-6-12(13)14)17-11-5-3-4-10(8-11)16(19)20/h1-2,6-7,9-11H,3-5,8H2,(H,17,18)(H,19,20). The van der Waals surface area contributed by atoms with Gasteiger partial charge in [0.25, 0.3) is 5.91 Å². The quantitative estimate of drug-likeness (QED) is 0.909. The topological polar surface area (TPSA) is 79.5 Å². The van der Waals surface area contributed by atoms with Crippen molar-refractivity contribution >= 4 is 22.8 Å². The molecule has 1 amide bonds. The van der Waals surface area contributed by atoms with Crippen LogP contribution < -0.4 is 5.32 Å². The number of rotatable bonds is 3. The number of nitrogens with one attached hydrogen (secondary N) is 1. The van der Waals surface area contributed by atoms with Crippen LogP contribution in [0, 0.1) is 5.92 Å². The average molecular weight is 287 g/mol. The lowest BCUT2D eigenvalue weighted by atomic mass is 9.85. The van der Waals surface area contributed by atoms with E-state index in [2.05, 4.69) is 5.32 Å². The first-order valence-electron chi connectivity index (χ1n) is 7.15. The van der Waals surface area contributed by atoms with Crippen LogP contribution in [0.1, 0.15) is 36.0 Å². The van der Waals surface area contributed by atoms with E-state index in [4.69, 9.17) is 9.52 Å². The molecule has 1 aromatic heterocycles. The number of fused-ring (bicyclic) bond motifs is 1. The molecular formula is C16H17NO4. The Labute approximate surface area is 121 Å². The third-order valence-corrected chi connectivity index (χ3v) is 4.08. The van der Waals surface area contributed by atoms with Gasteiger partial charge in [0.2, 0.25) is 0 Å². The van der Waals surface area contributed by atoms with E-state index in [0.717, 1.165) is 18.2 Å². The highest BCUT2D eigenvalue weighted by molar-refractivity contribution is 6.06. The van der Waals surface area contributed by atoms with Crippen molar-refractivity contribution in [2.75, 3.05) is 0 Å². The summed E-state index contributed by atoms with van der Waals surface area (Å²) in [4.78, 5) is 23.4. The third kappa shape index (κ3) is 2.77. The summed E-state index contributed by atoms with van der Waals surface area (Å²) >= 11 is 0.